The zero-order valence-corrected chi connectivity index (χ0v) is 11.1. The number of hydrogen-bond donors (Lipinski definition) is 0. The summed E-state index contributed by atoms with van der Waals surface area (Å²) < 4.78 is 41.6. The minimum absolute atomic E-state index is 0.288. The first kappa shape index (κ1) is 17.0. The summed E-state index contributed by atoms with van der Waals surface area (Å²) in [6.45, 7) is 2.27. The average molecular weight is 290 g/mol. The van der Waals surface area contributed by atoms with Crippen molar-refractivity contribution in [1.29, 1.82) is 0 Å². The van der Waals surface area contributed by atoms with Crippen molar-refractivity contribution in [2.24, 2.45) is 0 Å². The van der Waals surface area contributed by atoms with Crippen LogP contribution in [0.2, 0.25) is 0 Å². The molecule has 4 nitrogen and oxygen atoms in total. The van der Waals surface area contributed by atoms with Gasteiger partial charge in [0.05, 0.1) is 12.4 Å². The fraction of sp³-hybridized carbons (Fsp3) is 0.800. The Kier molecular flexibility index (Phi) is 5.92. The van der Waals surface area contributed by atoms with Crippen LogP contribution in [0.1, 0.15) is 20.8 Å². The van der Waals surface area contributed by atoms with Gasteiger partial charge in [0.1, 0.15) is 12.1 Å². The molecule has 0 radical (unpaired) electrons. The van der Waals surface area contributed by atoms with Crippen molar-refractivity contribution < 1.29 is 27.5 Å². The van der Waals surface area contributed by atoms with Gasteiger partial charge in [-0.05, 0) is 20.8 Å². The highest BCUT2D eigenvalue weighted by Crippen LogP contribution is 2.18. The highest BCUT2D eigenvalue weighted by Gasteiger charge is 2.35. The third-order valence-electron chi connectivity index (χ3n) is 1.54. The second-order valence-corrected chi connectivity index (χ2v) is 4.89. The fourth-order valence-corrected chi connectivity index (χ4v) is 1.07. The maximum absolute atomic E-state index is 12.3. The quantitative estimate of drug-likeness (QED) is 0.747. The van der Waals surface area contributed by atoms with Crippen LogP contribution in [-0.2, 0) is 9.53 Å². The van der Waals surface area contributed by atoms with E-state index >= 15 is 0 Å². The Morgan fingerprint density at radius 2 is 1.72 bits per heavy atom. The second kappa shape index (κ2) is 6.26. The molecule has 0 rings (SSSR count). The van der Waals surface area contributed by atoms with Crippen molar-refractivity contribution >= 4 is 23.5 Å². The highest BCUT2D eigenvalue weighted by molar-refractivity contribution is 6.28. The van der Waals surface area contributed by atoms with Crippen molar-refractivity contribution in [3.63, 3.8) is 0 Å². The Bertz CT molecular complexity index is 312. The van der Waals surface area contributed by atoms with Gasteiger partial charge < -0.3 is 4.74 Å². The normalized spacial score (nSPS) is 12.2. The number of halogens is 4. The Hall–Kier alpha value is -0.980. The first-order valence-electron chi connectivity index (χ1n) is 5.07. The number of carbonyl (C=O) groups excluding carboxylic acids is 2. The van der Waals surface area contributed by atoms with Gasteiger partial charge in [0.25, 0.3) is 0 Å². The standard InChI is InChI=1S/C10H15ClF3NO3/c1-9(2,3)18-8(17)15(5-7(16)4-11)6-10(12,13)14/h4-6H2,1-3H3. The molecule has 1 amide bonds. The number of amides is 1. The lowest BCUT2D eigenvalue weighted by atomic mass is 10.2. The Labute approximate surface area is 108 Å². The predicted molar refractivity (Wildman–Crippen MR) is 59.6 cm³/mol. The summed E-state index contributed by atoms with van der Waals surface area (Å²) in [7, 11) is 0. The zero-order valence-electron chi connectivity index (χ0n) is 10.3. The van der Waals surface area contributed by atoms with Crippen LogP contribution in [0.25, 0.3) is 0 Å². The van der Waals surface area contributed by atoms with Gasteiger partial charge in [0.15, 0.2) is 5.78 Å². The minimum Gasteiger partial charge on any atom is -0.444 e. The number of nitrogens with zero attached hydrogens (tertiary/aromatic N) is 1. The van der Waals surface area contributed by atoms with Crippen LogP contribution in [0.15, 0.2) is 0 Å². The molecule has 0 bridgehead atoms. The molecule has 18 heavy (non-hydrogen) atoms. The summed E-state index contributed by atoms with van der Waals surface area (Å²) in [4.78, 5) is 22.8. The summed E-state index contributed by atoms with van der Waals surface area (Å²) >= 11 is 5.20. The molecule has 106 valence electrons. The monoisotopic (exact) mass is 289 g/mol. The van der Waals surface area contributed by atoms with E-state index in [-0.39, 0.29) is 4.90 Å². The predicted octanol–water partition coefficient (Wildman–Crippen LogP) is 2.59. The van der Waals surface area contributed by atoms with E-state index in [0.717, 1.165) is 0 Å². The largest absolute Gasteiger partial charge is 0.444 e. The zero-order chi connectivity index (χ0) is 14.6. The van der Waals surface area contributed by atoms with E-state index in [1.807, 2.05) is 0 Å². The third kappa shape index (κ3) is 8.16. The van der Waals surface area contributed by atoms with Crippen LogP contribution >= 0.6 is 11.6 Å². The lowest BCUT2D eigenvalue weighted by Gasteiger charge is -2.27. The van der Waals surface area contributed by atoms with Crippen LogP contribution in [-0.4, -0.2) is 47.5 Å². The van der Waals surface area contributed by atoms with E-state index in [1.165, 1.54) is 20.8 Å². The van der Waals surface area contributed by atoms with Crippen molar-refractivity contribution in [3.05, 3.63) is 0 Å². The van der Waals surface area contributed by atoms with Gasteiger partial charge in [0, 0.05) is 0 Å². The lowest BCUT2D eigenvalue weighted by molar-refractivity contribution is -0.146. The van der Waals surface area contributed by atoms with E-state index in [0.29, 0.717) is 0 Å². The summed E-state index contributed by atoms with van der Waals surface area (Å²) in [6, 6.07) is 0. The molecule has 0 aromatic rings. The topological polar surface area (TPSA) is 46.6 Å². The molecule has 0 spiro atoms. The van der Waals surface area contributed by atoms with Crippen molar-refractivity contribution in [2.75, 3.05) is 19.0 Å². The Balaban J connectivity index is 4.75. The number of hydrogen-bond acceptors (Lipinski definition) is 3. The molecule has 0 atom stereocenters. The lowest BCUT2D eigenvalue weighted by Crippen LogP contribution is -2.44. The number of alkyl halides is 4. The Morgan fingerprint density at radius 1 is 1.22 bits per heavy atom. The molecule has 0 N–H and O–H groups in total. The van der Waals surface area contributed by atoms with Crippen molar-refractivity contribution in [3.8, 4) is 0 Å². The smallest absolute Gasteiger partial charge is 0.410 e. The third-order valence-corrected chi connectivity index (χ3v) is 1.84. The first-order valence-corrected chi connectivity index (χ1v) is 5.60. The van der Waals surface area contributed by atoms with Crippen LogP contribution in [0.5, 0.6) is 0 Å². The SMILES string of the molecule is CC(C)(C)OC(=O)N(CC(=O)CCl)CC(F)(F)F. The number of carbonyl (C=O) groups is 2. The summed E-state index contributed by atoms with van der Waals surface area (Å²) in [5.41, 5.74) is -0.940. The summed E-state index contributed by atoms with van der Waals surface area (Å²) in [5.74, 6) is -1.15. The maximum Gasteiger partial charge on any atom is 0.410 e. The average Bonchev–Trinajstić information content (AvgIpc) is 2.11. The van der Waals surface area contributed by atoms with E-state index in [4.69, 9.17) is 16.3 Å². The van der Waals surface area contributed by atoms with Crippen LogP contribution in [0, 0.1) is 0 Å². The molecule has 0 aliphatic heterocycles. The van der Waals surface area contributed by atoms with Gasteiger partial charge in [-0.25, -0.2) is 4.79 Å². The molecule has 0 heterocycles. The summed E-state index contributed by atoms with van der Waals surface area (Å²) in [5, 5.41) is 0. The maximum atomic E-state index is 12.3. The van der Waals surface area contributed by atoms with Crippen LogP contribution in [0.4, 0.5) is 18.0 Å². The molecule has 0 saturated carbocycles. The number of ether oxygens (including phenoxy) is 1. The van der Waals surface area contributed by atoms with E-state index in [1.54, 1.807) is 0 Å². The minimum atomic E-state index is -4.61. The molecular weight excluding hydrogens is 275 g/mol. The van der Waals surface area contributed by atoms with E-state index in [2.05, 4.69) is 0 Å². The van der Waals surface area contributed by atoms with Gasteiger partial charge in [-0.3, -0.25) is 9.69 Å². The number of ketones is 1. The summed E-state index contributed by atoms with van der Waals surface area (Å²) in [6.07, 6.45) is -5.80. The first-order chi connectivity index (χ1) is 7.94. The molecule has 0 aliphatic rings. The Morgan fingerprint density at radius 3 is 2.06 bits per heavy atom. The van der Waals surface area contributed by atoms with E-state index < -0.39 is 42.6 Å². The number of Topliss-reactive ketones (excluding diaryl/α,β-unsaturated/α-hetero) is 1. The fourth-order valence-electron chi connectivity index (χ4n) is 0.983. The van der Waals surface area contributed by atoms with Crippen LogP contribution in [0.3, 0.4) is 0 Å². The molecule has 0 aromatic heterocycles. The van der Waals surface area contributed by atoms with E-state index in [9.17, 15) is 22.8 Å². The van der Waals surface area contributed by atoms with Crippen molar-refractivity contribution in [1.82, 2.24) is 4.90 Å². The molecule has 0 aromatic carbocycles. The van der Waals surface area contributed by atoms with Crippen LogP contribution < -0.4 is 0 Å². The second-order valence-electron chi connectivity index (χ2n) is 4.62. The van der Waals surface area contributed by atoms with Crippen molar-refractivity contribution in [2.45, 2.75) is 32.5 Å². The molecule has 8 heteroatoms. The molecule has 0 unspecified atom stereocenters. The molecule has 0 saturated heterocycles. The van der Waals surface area contributed by atoms with Gasteiger partial charge in [-0.1, -0.05) is 0 Å². The van der Waals surface area contributed by atoms with Gasteiger partial charge in [0.2, 0.25) is 0 Å². The highest BCUT2D eigenvalue weighted by atomic mass is 35.5. The van der Waals surface area contributed by atoms with Gasteiger partial charge in [-0.15, -0.1) is 11.6 Å². The number of rotatable bonds is 4. The van der Waals surface area contributed by atoms with Gasteiger partial charge >= 0.3 is 12.3 Å². The molecular formula is C10H15ClF3NO3. The van der Waals surface area contributed by atoms with Gasteiger partial charge in [-0.2, -0.15) is 13.2 Å². The molecule has 0 aliphatic carbocycles. The molecule has 0 fully saturated rings.